The van der Waals surface area contributed by atoms with Crippen molar-refractivity contribution in [2.75, 3.05) is 0 Å². The van der Waals surface area contributed by atoms with E-state index in [1.165, 1.54) is 5.56 Å². The molecule has 0 saturated heterocycles. The van der Waals surface area contributed by atoms with E-state index in [2.05, 4.69) is 13.8 Å². The van der Waals surface area contributed by atoms with Crippen LogP contribution in [0.4, 0.5) is 0 Å². The summed E-state index contributed by atoms with van der Waals surface area (Å²) in [6, 6.07) is 14.7. The standard InChI is InChI=1S/C18H15ClO2/c1-11(2)12-3-5-13(6-4-12)18(20)17-10-14-9-15(19)7-8-16(14)21-17/h3-11H,1-2H3. The van der Waals surface area contributed by atoms with Crippen molar-refractivity contribution in [2.24, 2.45) is 0 Å². The highest BCUT2D eigenvalue weighted by atomic mass is 35.5. The van der Waals surface area contributed by atoms with E-state index in [1.807, 2.05) is 24.3 Å². The minimum atomic E-state index is -0.113. The predicted octanol–water partition coefficient (Wildman–Crippen LogP) is 5.44. The fraction of sp³-hybridized carbons (Fsp3) is 0.167. The van der Waals surface area contributed by atoms with Crippen LogP contribution in [0.3, 0.4) is 0 Å². The van der Waals surface area contributed by atoms with Gasteiger partial charge >= 0.3 is 0 Å². The van der Waals surface area contributed by atoms with Crippen LogP contribution in [-0.2, 0) is 0 Å². The summed E-state index contributed by atoms with van der Waals surface area (Å²) in [6.45, 7) is 4.25. The van der Waals surface area contributed by atoms with Gasteiger partial charge < -0.3 is 4.42 Å². The molecule has 21 heavy (non-hydrogen) atoms. The molecule has 0 atom stereocenters. The van der Waals surface area contributed by atoms with Gasteiger partial charge in [-0.15, -0.1) is 0 Å². The Kier molecular flexibility index (Phi) is 3.56. The topological polar surface area (TPSA) is 30.2 Å². The van der Waals surface area contributed by atoms with Crippen LogP contribution in [0.5, 0.6) is 0 Å². The lowest BCUT2D eigenvalue weighted by Crippen LogP contribution is -1.99. The monoisotopic (exact) mass is 298 g/mol. The number of carbonyl (C=O) groups excluding carboxylic acids is 1. The second-order valence-corrected chi connectivity index (χ2v) is 5.84. The molecule has 0 bridgehead atoms. The van der Waals surface area contributed by atoms with Crippen molar-refractivity contribution in [3.05, 3.63) is 70.4 Å². The number of ketones is 1. The quantitative estimate of drug-likeness (QED) is 0.603. The van der Waals surface area contributed by atoms with Gasteiger partial charge in [-0.05, 0) is 35.7 Å². The Labute approximate surface area is 128 Å². The fourth-order valence-corrected chi connectivity index (χ4v) is 2.47. The molecule has 2 nitrogen and oxygen atoms in total. The third-order valence-electron chi connectivity index (χ3n) is 3.54. The first-order chi connectivity index (χ1) is 10.0. The van der Waals surface area contributed by atoms with Crippen molar-refractivity contribution < 1.29 is 9.21 Å². The summed E-state index contributed by atoms with van der Waals surface area (Å²) in [4.78, 5) is 12.5. The molecule has 106 valence electrons. The van der Waals surface area contributed by atoms with Crippen molar-refractivity contribution in [1.82, 2.24) is 0 Å². The molecule has 3 heteroatoms. The Morgan fingerprint density at radius 1 is 1.05 bits per heavy atom. The molecule has 3 rings (SSSR count). The van der Waals surface area contributed by atoms with Gasteiger partial charge in [0.2, 0.25) is 5.78 Å². The molecular weight excluding hydrogens is 284 g/mol. The molecule has 0 N–H and O–H groups in total. The lowest BCUT2D eigenvalue weighted by Gasteiger charge is -2.05. The van der Waals surface area contributed by atoms with Gasteiger partial charge in [-0.25, -0.2) is 0 Å². The molecule has 0 saturated carbocycles. The third kappa shape index (κ3) is 2.72. The Morgan fingerprint density at radius 3 is 2.43 bits per heavy atom. The first-order valence-corrected chi connectivity index (χ1v) is 7.26. The zero-order chi connectivity index (χ0) is 15.0. The van der Waals surface area contributed by atoms with Crippen LogP contribution in [0.1, 0.15) is 41.4 Å². The normalized spacial score (nSPS) is 11.2. The van der Waals surface area contributed by atoms with E-state index in [0.717, 1.165) is 5.39 Å². The molecule has 3 aromatic rings. The van der Waals surface area contributed by atoms with Gasteiger partial charge in [-0.2, -0.15) is 0 Å². The summed E-state index contributed by atoms with van der Waals surface area (Å²) in [7, 11) is 0. The average Bonchev–Trinajstić information content (AvgIpc) is 2.89. The maximum Gasteiger partial charge on any atom is 0.228 e. The van der Waals surface area contributed by atoms with E-state index in [-0.39, 0.29) is 5.78 Å². The molecule has 0 amide bonds. The number of halogens is 1. The second kappa shape index (κ2) is 5.38. The summed E-state index contributed by atoms with van der Waals surface area (Å²) in [5, 5.41) is 1.47. The molecule has 2 aromatic carbocycles. The molecular formula is C18H15ClO2. The number of carbonyl (C=O) groups is 1. The molecule has 0 spiro atoms. The molecule has 0 radical (unpaired) electrons. The van der Waals surface area contributed by atoms with Crippen molar-refractivity contribution >= 4 is 28.4 Å². The number of hydrogen-bond donors (Lipinski definition) is 0. The van der Waals surface area contributed by atoms with Crippen LogP contribution in [-0.4, -0.2) is 5.78 Å². The van der Waals surface area contributed by atoms with Crippen molar-refractivity contribution in [2.45, 2.75) is 19.8 Å². The molecule has 1 aromatic heterocycles. The largest absolute Gasteiger partial charge is 0.453 e. The molecule has 0 aliphatic rings. The fourth-order valence-electron chi connectivity index (χ4n) is 2.29. The van der Waals surface area contributed by atoms with Crippen LogP contribution in [0.25, 0.3) is 11.0 Å². The van der Waals surface area contributed by atoms with Gasteiger partial charge in [0, 0.05) is 16.0 Å². The van der Waals surface area contributed by atoms with Gasteiger partial charge in [0.05, 0.1) is 0 Å². The smallest absolute Gasteiger partial charge is 0.228 e. The molecule has 0 fully saturated rings. The second-order valence-electron chi connectivity index (χ2n) is 5.40. The highest BCUT2D eigenvalue weighted by Crippen LogP contribution is 2.25. The van der Waals surface area contributed by atoms with Gasteiger partial charge in [0.1, 0.15) is 5.58 Å². The van der Waals surface area contributed by atoms with E-state index in [9.17, 15) is 4.79 Å². The van der Waals surface area contributed by atoms with E-state index >= 15 is 0 Å². The Morgan fingerprint density at radius 2 is 1.76 bits per heavy atom. The van der Waals surface area contributed by atoms with Crippen LogP contribution in [0.2, 0.25) is 5.02 Å². The summed E-state index contributed by atoms with van der Waals surface area (Å²) in [6.07, 6.45) is 0. The van der Waals surface area contributed by atoms with Gasteiger partial charge in [0.25, 0.3) is 0 Å². The number of rotatable bonds is 3. The highest BCUT2D eigenvalue weighted by Gasteiger charge is 2.15. The lowest BCUT2D eigenvalue weighted by atomic mass is 10.00. The summed E-state index contributed by atoms with van der Waals surface area (Å²) in [5.41, 5.74) is 2.51. The maximum absolute atomic E-state index is 12.5. The number of fused-ring (bicyclic) bond motifs is 1. The summed E-state index contributed by atoms with van der Waals surface area (Å²) < 4.78 is 5.61. The lowest BCUT2D eigenvalue weighted by molar-refractivity contribution is 0.101. The first kappa shape index (κ1) is 13.9. The third-order valence-corrected chi connectivity index (χ3v) is 3.78. The summed E-state index contributed by atoms with van der Waals surface area (Å²) >= 11 is 5.94. The van der Waals surface area contributed by atoms with Gasteiger partial charge in [-0.1, -0.05) is 49.7 Å². The number of hydrogen-bond acceptors (Lipinski definition) is 2. The Balaban J connectivity index is 1.95. The number of benzene rings is 2. The highest BCUT2D eigenvalue weighted by molar-refractivity contribution is 6.31. The maximum atomic E-state index is 12.5. The predicted molar refractivity (Wildman–Crippen MR) is 85.2 cm³/mol. The Bertz CT molecular complexity index is 798. The zero-order valence-electron chi connectivity index (χ0n) is 11.9. The first-order valence-electron chi connectivity index (χ1n) is 6.88. The van der Waals surface area contributed by atoms with E-state index in [4.69, 9.17) is 16.0 Å². The average molecular weight is 299 g/mol. The van der Waals surface area contributed by atoms with Crippen LogP contribution >= 0.6 is 11.6 Å². The zero-order valence-corrected chi connectivity index (χ0v) is 12.6. The van der Waals surface area contributed by atoms with Crippen LogP contribution in [0, 0.1) is 0 Å². The van der Waals surface area contributed by atoms with Crippen molar-refractivity contribution in [3.63, 3.8) is 0 Å². The molecule has 0 aliphatic carbocycles. The van der Waals surface area contributed by atoms with E-state index in [0.29, 0.717) is 27.8 Å². The van der Waals surface area contributed by atoms with E-state index < -0.39 is 0 Å². The van der Waals surface area contributed by atoms with Gasteiger partial charge in [0.15, 0.2) is 5.76 Å². The van der Waals surface area contributed by atoms with Crippen LogP contribution in [0.15, 0.2) is 52.9 Å². The number of furan rings is 1. The van der Waals surface area contributed by atoms with E-state index in [1.54, 1.807) is 24.3 Å². The minimum Gasteiger partial charge on any atom is -0.453 e. The molecule has 1 heterocycles. The molecule has 0 unspecified atom stereocenters. The van der Waals surface area contributed by atoms with Crippen LogP contribution < -0.4 is 0 Å². The van der Waals surface area contributed by atoms with Crippen molar-refractivity contribution in [1.29, 1.82) is 0 Å². The summed E-state index contributed by atoms with van der Waals surface area (Å²) in [5.74, 6) is 0.671. The SMILES string of the molecule is CC(C)c1ccc(C(=O)c2cc3cc(Cl)ccc3o2)cc1. The Hall–Kier alpha value is -2.06. The van der Waals surface area contributed by atoms with Gasteiger partial charge in [-0.3, -0.25) is 4.79 Å². The molecule has 0 aliphatic heterocycles. The minimum absolute atomic E-state index is 0.113. The van der Waals surface area contributed by atoms with Crippen molar-refractivity contribution in [3.8, 4) is 0 Å².